The minimum Gasteiger partial charge on any atom is -0.394 e. The Hall–Kier alpha value is -1.94. The molecule has 2 aromatic rings. The summed E-state index contributed by atoms with van der Waals surface area (Å²) < 4.78 is 34.9. The Morgan fingerprint density at radius 1 is 0.978 bits per heavy atom. The van der Waals surface area contributed by atoms with Gasteiger partial charge in [-0.05, 0) is 26.6 Å². The predicted octanol–water partition coefficient (Wildman–Crippen LogP) is -2.51. The number of anilines is 1. The zero-order chi connectivity index (χ0) is 34.3. The Kier molecular flexibility index (Phi) is 14.2. The Labute approximate surface area is 265 Å². The lowest BCUT2D eigenvalue weighted by molar-refractivity contribution is -0.249. The number of aliphatic hydroxyl groups is 7. The molecule has 0 spiro atoms. The number of rotatable bonds is 13. The topological polar surface area (TPSA) is 289 Å². The molecule has 0 saturated carbocycles. The highest BCUT2D eigenvalue weighted by Gasteiger charge is 2.48. The first-order chi connectivity index (χ1) is 21.7. The van der Waals surface area contributed by atoms with Gasteiger partial charge in [0.05, 0.1) is 31.7 Å². The molecule has 19 nitrogen and oxygen atoms in total. The standard InChI is InChI=1S/C20H32N5O13P.C6H15N/c1-7(2-9-12(28)14(30)15(31)17(36-9)8(27)3-26)38-39(33,34)35-4-10-13(29)16(32)20(37-10)25-6-24-11-18(21)22-5-23-19(11)25;1-4-7(5-2)6-3/h5-10,12-17,20,26-32H,2-4H2,1H3,(H,33,34)(H2,21,22,23);4-6H2,1-3H3/t7-,8+,9?,10-,12-,13-,14-,15+,16-,17-,20-;/m1./s1. The van der Waals surface area contributed by atoms with E-state index in [2.05, 4.69) is 40.6 Å². The van der Waals surface area contributed by atoms with E-state index in [-0.39, 0.29) is 23.4 Å². The van der Waals surface area contributed by atoms with E-state index in [9.17, 15) is 40.1 Å². The van der Waals surface area contributed by atoms with Crippen LogP contribution in [0, 0.1) is 0 Å². The van der Waals surface area contributed by atoms with Crippen molar-refractivity contribution >= 4 is 24.8 Å². The van der Waals surface area contributed by atoms with Crippen molar-refractivity contribution in [3.05, 3.63) is 12.7 Å². The molecular formula is C26H47N6O13P. The normalized spacial score (nSPS) is 32.6. The fourth-order valence-electron chi connectivity index (χ4n) is 5.22. The lowest BCUT2D eigenvalue weighted by Gasteiger charge is -2.42. The lowest BCUT2D eigenvalue weighted by atomic mass is 9.90. The molecule has 12 atom stereocenters. The van der Waals surface area contributed by atoms with Gasteiger partial charge in [0, 0.05) is 6.42 Å². The van der Waals surface area contributed by atoms with E-state index in [0.717, 1.165) is 0 Å². The minimum absolute atomic E-state index is 0.0936. The molecule has 2 unspecified atom stereocenters. The van der Waals surface area contributed by atoms with Crippen LogP contribution in [0.15, 0.2) is 12.7 Å². The van der Waals surface area contributed by atoms with Crippen LogP contribution in [0.25, 0.3) is 11.2 Å². The summed E-state index contributed by atoms with van der Waals surface area (Å²) >= 11 is 0. The summed E-state index contributed by atoms with van der Waals surface area (Å²) in [4.78, 5) is 24.5. The third kappa shape index (κ3) is 9.14. The maximum atomic E-state index is 12.5. The summed E-state index contributed by atoms with van der Waals surface area (Å²) in [6.07, 6.45) is -13.7. The molecule has 20 heteroatoms. The molecule has 0 amide bonds. The Balaban J connectivity index is 0.000000738. The second-order valence-electron chi connectivity index (χ2n) is 11.0. The van der Waals surface area contributed by atoms with E-state index in [0.29, 0.717) is 0 Å². The zero-order valence-corrected chi connectivity index (χ0v) is 27.0. The Morgan fingerprint density at radius 3 is 2.20 bits per heavy atom. The van der Waals surface area contributed by atoms with Crippen LogP contribution in [0.5, 0.6) is 0 Å². The largest absolute Gasteiger partial charge is 0.472 e. The van der Waals surface area contributed by atoms with E-state index < -0.39 is 88.3 Å². The summed E-state index contributed by atoms with van der Waals surface area (Å²) in [6.45, 7) is 10.0. The molecule has 0 bridgehead atoms. The molecule has 0 radical (unpaired) electrons. The number of nitrogens with two attached hydrogens (primary N) is 1. The van der Waals surface area contributed by atoms with Gasteiger partial charge in [0.15, 0.2) is 17.7 Å². The van der Waals surface area contributed by atoms with Gasteiger partial charge in [0.1, 0.15) is 60.7 Å². The second kappa shape index (κ2) is 16.9. The second-order valence-corrected chi connectivity index (χ2v) is 12.4. The number of ether oxygens (including phenoxy) is 2. The van der Waals surface area contributed by atoms with Gasteiger partial charge in [-0.1, -0.05) is 20.8 Å². The number of phosphoric acid groups is 1. The minimum atomic E-state index is -4.80. The molecular weight excluding hydrogens is 635 g/mol. The van der Waals surface area contributed by atoms with Gasteiger partial charge in [-0.25, -0.2) is 19.5 Å². The highest BCUT2D eigenvalue weighted by Crippen LogP contribution is 2.46. The van der Waals surface area contributed by atoms with E-state index in [1.54, 1.807) is 0 Å². The zero-order valence-electron chi connectivity index (χ0n) is 26.1. The van der Waals surface area contributed by atoms with E-state index in [1.807, 2.05) is 0 Å². The molecule has 2 aliphatic rings. The molecule has 0 aliphatic carbocycles. The molecule has 2 aromatic heterocycles. The van der Waals surface area contributed by atoms with Gasteiger partial charge in [-0.3, -0.25) is 13.6 Å². The molecule has 2 aliphatic heterocycles. The van der Waals surface area contributed by atoms with Crippen molar-refractivity contribution < 1.29 is 63.7 Å². The van der Waals surface area contributed by atoms with Crippen LogP contribution in [-0.2, 0) is 23.1 Å². The number of aromatic nitrogens is 4. The van der Waals surface area contributed by atoms with Gasteiger partial charge in [0.2, 0.25) is 0 Å². The van der Waals surface area contributed by atoms with Crippen LogP contribution >= 0.6 is 7.82 Å². The van der Waals surface area contributed by atoms with Crippen LogP contribution < -0.4 is 5.73 Å². The number of aliphatic hydroxyl groups excluding tert-OH is 7. The summed E-state index contributed by atoms with van der Waals surface area (Å²) in [5.74, 6) is 0.0936. The molecule has 2 fully saturated rings. The number of hydrogen-bond acceptors (Lipinski definition) is 17. The van der Waals surface area contributed by atoms with Gasteiger partial charge in [-0.2, -0.15) is 0 Å². The molecule has 10 N–H and O–H groups in total. The van der Waals surface area contributed by atoms with Crippen LogP contribution in [-0.4, -0.2) is 159 Å². The summed E-state index contributed by atoms with van der Waals surface area (Å²) in [5, 5.41) is 70.2. The van der Waals surface area contributed by atoms with Crippen LogP contribution in [0.1, 0.15) is 40.3 Å². The molecule has 0 aromatic carbocycles. The smallest absolute Gasteiger partial charge is 0.394 e. The number of fused-ring (bicyclic) bond motifs is 1. The van der Waals surface area contributed by atoms with E-state index in [4.69, 9.17) is 29.4 Å². The molecule has 46 heavy (non-hydrogen) atoms. The van der Waals surface area contributed by atoms with Crippen molar-refractivity contribution in [2.24, 2.45) is 0 Å². The monoisotopic (exact) mass is 682 g/mol. The van der Waals surface area contributed by atoms with Gasteiger partial charge >= 0.3 is 7.82 Å². The average Bonchev–Trinajstić information content (AvgIpc) is 3.58. The summed E-state index contributed by atoms with van der Waals surface area (Å²) in [6, 6.07) is 0. The quantitative estimate of drug-likeness (QED) is 0.0986. The SMILES string of the molecule is CCN(CC)CC.C[C@H](CC1O[C@H]([C@@H](O)CO)[C@@H](O)[C@H](O)[C@@H]1O)OP(=O)(O)OC[C@H]1O[C@@H](n2cnc3c(N)ncnc32)[C@H](O)[C@@H]1O. The van der Waals surface area contributed by atoms with Crippen molar-refractivity contribution in [2.45, 2.75) is 101 Å². The van der Waals surface area contributed by atoms with Gasteiger partial charge < -0.3 is 60.7 Å². The molecule has 4 heterocycles. The third-order valence-electron chi connectivity index (χ3n) is 7.93. The lowest BCUT2D eigenvalue weighted by Crippen LogP contribution is -2.61. The fraction of sp³-hybridized carbons (Fsp3) is 0.808. The number of hydrogen-bond donors (Lipinski definition) is 9. The molecule has 264 valence electrons. The van der Waals surface area contributed by atoms with E-state index >= 15 is 0 Å². The van der Waals surface area contributed by atoms with Gasteiger partial charge in [0.25, 0.3) is 0 Å². The van der Waals surface area contributed by atoms with Crippen LogP contribution in [0.4, 0.5) is 5.82 Å². The predicted molar refractivity (Wildman–Crippen MR) is 160 cm³/mol. The fourth-order valence-corrected chi connectivity index (χ4v) is 6.15. The Bertz CT molecular complexity index is 1270. The molecule has 2 saturated heterocycles. The van der Waals surface area contributed by atoms with Crippen molar-refractivity contribution in [3.63, 3.8) is 0 Å². The Morgan fingerprint density at radius 2 is 1.61 bits per heavy atom. The van der Waals surface area contributed by atoms with Crippen LogP contribution in [0.3, 0.4) is 0 Å². The van der Waals surface area contributed by atoms with Crippen molar-refractivity contribution in [3.8, 4) is 0 Å². The van der Waals surface area contributed by atoms with Gasteiger partial charge in [-0.15, -0.1) is 0 Å². The first-order valence-corrected chi connectivity index (χ1v) is 16.5. The number of nitrogen functional groups attached to an aromatic ring is 1. The van der Waals surface area contributed by atoms with Crippen molar-refractivity contribution in [2.75, 3.05) is 38.6 Å². The highest BCUT2D eigenvalue weighted by atomic mass is 31.2. The first-order valence-electron chi connectivity index (χ1n) is 15.0. The van der Waals surface area contributed by atoms with E-state index in [1.165, 1.54) is 43.8 Å². The third-order valence-corrected chi connectivity index (χ3v) is 9.04. The molecule has 4 rings (SSSR count). The van der Waals surface area contributed by atoms with Crippen molar-refractivity contribution in [1.29, 1.82) is 0 Å². The summed E-state index contributed by atoms with van der Waals surface area (Å²) in [5.41, 5.74) is 6.23. The highest BCUT2D eigenvalue weighted by molar-refractivity contribution is 7.47. The van der Waals surface area contributed by atoms with Crippen molar-refractivity contribution in [1.82, 2.24) is 24.4 Å². The maximum absolute atomic E-state index is 12.5. The number of nitrogens with zero attached hydrogens (tertiary/aromatic N) is 5. The maximum Gasteiger partial charge on any atom is 0.472 e. The summed E-state index contributed by atoms with van der Waals surface area (Å²) in [7, 11) is -4.80. The average molecular weight is 683 g/mol. The van der Waals surface area contributed by atoms with Crippen LogP contribution in [0.2, 0.25) is 0 Å². The number of phosphoric ester groups is 1. The first kappa shape index (κ1) is 38.5. The number of imidazole rings is 1.